The third-order valence-corrected chi connectivity index (χ3v) is 3.97. The van der Waals surface area contributed by atoms with E-state index in [1.54, 1.807) is 0 Å². The highest BCUT2D eigenvalue weighted by atomic mass is 35.5. The maximum atomic E-state index is 11.9. The van der Waals surface area contributed by atoms with Gasteiger partial charge in [0.15, 0.2) is 0 Å². The minimum atomic E-state index is 0.0583. The summed E-state index contributed by atoms with van der Waals surface area (Å²) in [5, 5.41) is 3.67. The number of hydrogen-bond acceptors (Lipinski definition) is 1. The highest BCUT2D eigenvalue weighted by molar-refractivity contribution is 6.30. The van der Waals surface area contributed by atoms with E-state index in [9.17, 15) is 4.79 Å². The quantitative estimate of drug-likeness (QED) is 0.793. The number of hydrogen-bond donors (Lipinski definition) is 1. The van der Waals surface area contributed by atoms with E-state index in [-0.39, 0.29) is 5.91 Å². The summed E-state index contributed by atoms with van der Waals surface area (Å²) in [6, 6.07) is 13.9. The molecule has 1 N–H and O–H groups in total. The zero-order chi connectivity index (χ0) is 15.9. The van der Waals surface area contributed by atoms with Gasteiger partial charge in [-0.05, 0) is 55.5 Å². The fourth-order valence-corrected chi connectivity index (χ4v) is 2.61. The Morgan fingerprint density at radius 2 is 1.82 bits per heavy atom. The van der Waals surface area contributed by atoms with Gasteiger partial charge in [-0.3, -0.25) is 4.79 Å². The molecule has 116 valence electrons. The molecule has 0 aliphatic heterocycles. The highest BCUT2D eigenvalue weighted by Crippen LogP contribution is 2.12. The van der Waals surface area contributed by atoms with Gasteiger partial charge in [-0.2, -0.15) is 0 Å². The molecule has 22 heavy (non-hydrogen) atoms. The van der Waals surface area contributed by atoms with Gasteiger partial charge in [0.1, 0.15) is 0 Å². The zero-order valence-corrected chi connectivity index (χ0v) is 13.9. The van der Waals surface area contributed by atoms with E-state index in [2.05, 4.69) is 37.4 Å². The first-order chi connectivity index (χ1) is 10.5. The maximum Gasteiger partial charge on any atom is 0.224 e. The van der Waals surface area contributed by atoms with E-state index in [1.807, 2.05) is 24.3 Å². The summed E-state index contributed by atoms with van der Waals surface area (Å²) in [5.41, 5.74) is 4.96. The van der Waals surface area contributed by atoms with Crippen molar-refractivity contribution in [1.82, 2.24) is 5.32 Å². The molecule has 0 atom stereocenters. The van der Waals surface area contributed by atoms with Gasteiger partial charge in [0.25, 0.3) is 0 Å². The predicted molar refractivity (Wildman–Crippen MR) is 92.4 cm³/mol. The Kier molecular flexibility index (Phi) is 6.02. The summed E-state index contributed by atoms with van der Waals surface area (Å²) >= 11 is 5.83. The minimum absolute atomic E-state index is 0.0583. The van der Waals surface area contributed by atoms with Gasteiger partial charge in [0, 0.05) is 11.6 Å². The average Bonchev–Trinajstić information content (AvgIpc) is 2.48. The summed E-state index contributed by atoms with van der Waals surface area (Å²) < 4.78 is 0. The molecule has 0 unspecified atom stereocenters. The van der Waals surface area contributed by atoms with E-state index in [0.29, 0.717) is 18.0 Å². The standard InChI is InChI=1S/C19H22ClNO/c1-14-5-8-17(15(2)12-14)4-3-11-21-19(22)13-16-6-9-18(20)10-7-16/h5-10,12H,3-4,11,13H2,1-2H3,(H,21,22). The van der Waals surface area contributed by atoms with Crippen molar-refractivity contribution in [1.29, 1.82) is 0 Å². The van der Waals surface area contributed by atoms with E-state index in [0.717, 1.165) is 18.4 Å². The molecule has 0 heterocycles. The molecule has 0 aliphatic rings. The lowest BCUT2D eigenvalue weighted by atomic mass is 10.0. The van der Waals surface area contributed by atoms with E-state index in [1.165, 1.54) is 16.7 Å². The normalized spacial score (nSPS) is 10.5. The largest absolute Gasteiger partial charge is 0.356 e. The second kappa shape index (κ2) is 8.00. The molecule has 0 aliphatic carbocycles. The number of carbonyl (C=O) groups excluding carboxylic acids is 1. The average molecular weight is 316 g/mol. The van der Waals surface area contributed by atoms with Crippen LogP contribution in [0.3, 0.4) is 0 Å². The van der Waals surface area contributed by atoms with Crippen LogP contribution < -0.4 is 5.32 Å². The first-order valence-corrected chi connectivity index (χ1v) is 7.99. The van der Waals surface area contributed by atoms with Crippen molar-refractivity contribution in [3.05, 3.63) is 69.7 Å². The van der Waals surface area contributed by atoms with Gasteiger partial charge < -0.3 is 5.32 Å². The van der Waals surface area contributed by atoms with Crippen LogP contribution in [0.5, 0.6) is 0 Å². The number of benzene rings is 2. The molecule has 0 fully saturated rings. The summed E-state index contributed by atoms with van der Waals surface area (Å²) in [5.74, 6) is 0.0583. The van der Waals surface area contributed by atoms with E-state index < -0.39 is 0 Å². The lowest BCUT2D eigenvalue weighted by Crippen LogP contribution is -2.26. The molecule has 3 heteroatoms. The van der Waals surface area contributed by atoms with Crippen molar-refractivity contribution >= 4 is 17.5 Å². The first-order valence-electron chi connectivity index (χ1n) is 7.62. The fraction of sp³-hybridized carbons (Fsp3) is 0.316. The van der Waals surface area contributed by atoms with Gasteiger partial charge in [-0.15, -0.1) is 0 Å². The molecule has 2 rings (SSSR count). The van der Waals surface area contributed by atoms with Gasteiger partial charge in [0.05, 0.1) is 6.42 Å². The Labute approximate surface area is 137 Å². The number of nitrogens with one attached hydrogen (secondary N) is 1. The van der Waals surface area contributed by atoms with Gasteiger partial charge in [-0.1, -0.05) is 47.5 Å². The molecule has 2 aromatic rings. The fourth-order valence-electron chi connectivity index (χ4n) is 2.48. The third kappa shape index (κ3) is 5.19. The topological polar surface area (TPSA) is 29.1 Å². The van der Waals surface area contributed by atoms with Crippen LogP contribution in [0.25, 0.3) is 0 Å². The first kappa shape index (κ1) is 16.6. The second-order valence-corrected chi connectivity index (χ2v) is 6.12. The van der Waals surface area contributed by atoms with Crippen molar-refractivity contribution in [3.63, 3.8) is 0 Å². The number of amides is 1. The minimum Gasteiger partial charge on any atom is -0.356 e. The number of aryl methyl sites for hydroxylation is 3. The van der Waals surface area contributed by atoms with Gasteiger partial charge >= 0.3 is 0 Å². The third-order valence-electron chi connectivity index (χ3n) is 3.72. The molecular weight excluding hydrogens is 294 g/mol. The molecule has 0 saturated heterocycles. The van der Waals surface area contributed by atoms with Crippen LogP contribution >= 0.6 is 11.6 Å². The predicted octanol–water partition coefficient (Wildman–Crippen LogP) is 4.25. The van der Waals surface area contributed by atoms with Crippen LogP contribution in [-0.4, -0.2) is 12.5 Å². The Balaban J connectivity index is 1.72. The maximum absolute atomic E-state index is 11.9. The number of rotatable bonds is 6. The van der Waals surface area contributed by atoms with Crippen LogP contribution in [0.2, 0.25) is 5.02 Å². The summed E-state index contributed by atoms with van der Waals surface area (Å²) in [6.07, 6.45) is 2.35. The van der Waals surface area contributed by atoms with Crippen molar-refractivity contribution in [2.24, 2.45) is 0 Å². The SMILES string of the molecule is Cc1ccc(CCCNC(=O)Cc2ccc(Cl)cc2)c(C)c1. The number of carbonyl (C=O) groups is 1. The summed E-state index contributed by atoms with van der Waals surface area (Å²) in [7, 11) is 0. The molecule has 2 nitrogen and oxygen atoms in total. The molecular formula is C19H22ClNO. The van der Waals surface area contributed by atoms with Crippen LogP contribution in [-0.2, 0) is 17.6 Å². The second-order valence-electron chi connectivity index (χ2n) is 5.69. The van der Waals surface area contributed by atoms with Crippen molar-refractivity contribution in [3.8, 4) is 0 Å². The molecule has 0 saturated carbocycles. The molecule has 0 radical (unpaired) electrons. The van der Waals surface area contributed by atoms with Crippen molar-refractivity contribution < 1.29 is 4.79 Å². The van der Waals surface area contributed by atoms with Crippen molar-refractivity contribution in [2.45, 2.75) is 33.1 Å². The Morgan fingerprint density at radius 3 is 2.50 bits per heavy atom. The van der Waals surface area contributed by atoms with E-state index in [4.69, 9.17) is 11.6 Å². The summed E-state index contributed by atoms with van der Waals surface area (Å²) in [6.45, 7) is 4.95. The Hall–Kier alpha value is -1.80. The molecule has 0 bridgehead atoms. The molecule has 1 amide bonds. The molecule has 2 aromatic carbocycles. The molecule has 0 spiro atoms. The number of halogens is 1. The molecule has 0 aromatic heterocycles. The smallest absolute Gasteiger partial charge is 0.224 e. The van der Waals surface area contributed by atoms with Gasteiger partial charge in [0.2, 0.25) is 5.91 Å². The van der Waals surface area contributed by atoms with E-state index >= 15 is 0 Å². The Bertz CT molecular complexity index is 634. The van der Waals surface area contributed by atoms with Crippen molar-refractivity contribution in [2.75, 3.05) is 6.54 Å². The van der Waals surface area contributed by atoms with Gasteiger partial charge in [-0.25, -0.2) is 0 Å². The van der Waals surface area contributed by atoms with Crippen LogP contribution in [0, 0.1) is 13.8 Å². The van der Waals surface area contributed by atoms with Crippen LogP contribution in [0.4, 0.5) is 0 Å². The van der Waals surface area contributed by atoms with Crippen LogP contribution in [0.15, 0.2) is 42.5 Å². The summed E-state index contributed by atoms with van der Waals surface area (Å²) in [4.78, 5) is 11.9. The monoisotopic (exact) mass is 315 g/mol. The zero-order valence-electron chi connectivity index (χ0n) is 13.2. The lowest BCUT2D eigenvalue weighted by molar-refractivity contribution is -0.120. The van der Waals surface area contributed by atoms with Crippen LogP contribution in [0.1, 0.15) is 28.7 Å². The highest BCUT2D eigenvalue weighted by Gasteiger charge is 2.03. The Morgan fingerprint density at radius 1 is 1.09 bits per heavy atom. The lowest BCUT2D eigenvalue weighted by Gasteiger charge is -2.08.